The van der Waals surface area contributed by atoms with Crippen LogP contribution in [0.3, 0.4) is 0 Å². The summed E-state index contributed by atoms with van der Waals surface area (Å²) in [5, 5.41) is 12.2. The van der Waals surface area contributed by atoms with Gasteiger partial charge in [0.1, 0.15) is 5.75 Å². The van der Waals surface area contributed by atoms with E-state index in [0.717, 1.165) is 16.7 Å². The molecule has 0 aliphatic carbocycles. The number of fused-ring (bicyclic) bond motifs is 1. The van der Waals surface area contributed by atoms with Crippen molar-refractivity contribution in [3.63, 3.8) is 0 Å². The largest absolute Gasteiger partial charge is 1.00 e. The van der Waals surface area contributed by atoms with Gasteiger partial charge in [0.2, 0.25) is 0 Å². The van der Waals surface area contributed by atoms with Crippen molar-refractivity contribution in [2.45, 2.75) is 13.8 Å². The topological polar surface area (TPSA) is 62.2 Å². The number of aromatic nitrogens is 1. The molecule has 0 fully saturated rings. The number of carboxylic acid groups (broad SMARTS) is 1. The second-order valence-corrected chi connectivity index (χ2v) is 5.55. The second kappa shape index (κ2) is 7.76. The van der Waals surface area contributed by atoms with E-state index in [1.54, 1.807) is 13.2 Å². The summed E-state index contributed by atoms with van der Waals surface area (Å²) in [5.41, 5.74) is 4.15. The van der Waals surface area contributed by atoms with Gasteiger partial charge in [0, 0.05) is 16.5 Å². The van der Waals surface area contributed by atoms with Gasteiger partial charge in [-0.2, -0.15) is 0 Å². The van der Waals surface area contributed by atoms with E-state index in [4.69, 9.17) is 4.74 Å². The average molecular weight is 345 g/mol. The van der Waals surface area contributed by atoms with Gasteiger partial charge in [-0.05, 0) is 43.7 Å². The summed E-state index contributed by atoms with van der Waals surface area (Å²) in [6, 6.07) is 12.8. The summed E-state index contributed by atoms with van der Waals surface area (Å²) in [6.45, 7) is 3.86. The summed E-state index contributed by atoms with van der Waals surface area (Å²) < 4.78 is 5.22. The van der Waals surface area contributed by atoms with Crippen LogP contribution in [0.1, 0.15) is 21.5 Å². The fourth-order valence-corrected chi connectivity index (χ4v) is 2.78. The first-order chi connectivity index (χ1) is 11.0. The molecule has 3 rings (SSSR count). The number of carbonyl (C=O) groups is 1. The van der Waals surface area contributed by atoms with Crippen LogP contribution >= 0.6 is 0 Å². The van der Waals surface area contributed by atoms with Crippen LogP contribution in [0.5, 0.6) is 5.75 Å². The molecular formula is C19H16KNO3. The predicted octanol–water partition coefficient (Wildman–Crippen LogP) is -0.105. The Balaban J connectivity index is 0.00000208. The summed E-state index contributed by atoms with van der Waals surface area (Å²) in [6.07, 6.45) is 0. The average Bonchev–Trinajstić information content (AvgIpc) is 2.54. The maximum Gasteiger partial charge on any atom is 1.00 e. The number of pyridine rings is 1. The Morgan fingerprint density at radius 2 is 1.88 bits per heavy atom. The van der Waals surface area contributed by atoms with E-state index >= 15 is 0 Å². The number of hydrogen-bond donors (Lipinski definition) is 0. The molecule has 1 heterocycles. The van der Waals surface area contributed by atoms with Crippen LogP contribution in [0.15, 0.2) is 42.5 Å². The van der Waals surface area contributed by atoms with Crippen molar-refractivity contribution >= 4 is 16.9 Å². The third kappa shape index (κ3) is 3.71. The molecule has 0 bridgehead atoms. The van der Waals surface area contributed by atoms with Crippen LogP contribution in [-0.2, 0) is 0 Å². The Hall–Kier alpha value is -1.24. The van der Waals surface area contributed by atoms with Crippen molar-refractivity contribution in [3.05, 3.63) is 59.2 Å². The number of methoxy groups -OCH3 is 1. The molecule has 4 nitrogen and oxygen atoms in total. The first-order valence-corrected chi connectivity index (χ1v) is 7.27. The number of hydrogen-bond acceptors (Lipinski definition) is 4. The molecule has 0 N–H and O–H groups in total. The quantitative estimate of drug-likeness (QED) is 0.622. The molecule has 3 aromatic rings. The Morgan fingerprint density at radius 3 is 2.54 bits per heavy atom. The zero-order valence-corrected chi connectivity index (χ0v) is 17.3. The molecule has 5 heteroatoms. The van der Waals surface area contributed by atoms with E-state index in [1.807, 2.05) is 50.2 Å². The van der Waals surface area contributed by atoms with Crippen molar-refractivity contribution in [1.29, 1.82) is 0 Å². The molecule has 0 unspecified atom stereocenters. The van der Waals surface area contributed by atoms with Gasteiger partial charge in [-0.3, -0.25) is 0 Å². The molecule has 1 aromatic heterocycles. The van der Waals surface area contributed by atoms with Crippen molar-refractivity contribution < 1.29 is 66.0 Å². The van der Waals surface area contributed by atoms with Gasteiger partial charge >= 0.3 is 51.4 Å². The molecule has 0 saturated carbocycles. The number of nitrogens with zero attached hydrogens (tertiary/aromatic N) is 1. The molecule has 2 aromatic carbocycles. The molecule has 0 aliphatic heterocycles. The summed E-state index contributed by atoms with van der Waals surface area (Å²) in [7, 11) is 1.59. The zero-order chi connectivity index (χ0) is 16.6. The maximum absolute atomic E-state index is 11.6. The SMILES string of the molecule is COc1cccc(-c2cc(C(=O)[O-])c3cc(C)cc(C)c3n2)c1.[K+]. The fourth-order valence-electron chi connectivity index (χ4n) is 2.78. The molecule has 0 aliphatic rings. The number of carbonyl (C=O) groups excluding carboxylic acids is 1. The minimum absolute atomic E-state index is 0. The van der Waals surface area contributed by atoms with Gasteiger partial charge < -0.3 is 14.6 Å². The third-order valence-electron chi connectivity index (χ3n) is 3.83. The van der Waals surface area contributed by atoms with Crippen molar-refractivity contribution in [2.24, 2.45) is 0 Å². The Bertz CT molecular complexity index is 922. The molecule has 24 heavy (non-hydrogen) atoms. The Morgan fingerprint density at radius 1 is 1.12 bits per heavy atom. The van der Waals surface area contributed by atoms with E-state index in [2.05, 4.69) is 4.98 Å². The minimum atomic E-state index is -1.20. The first-order valence-electron chi connectivity index (χ1n) is 7.27. The van der Waals surface area contributed by atoms with Gasteiger partial charge in [0.15, 0.2) is 0 Å². The van der Waals surface area contributed by atoms with Crippen molar-refractivity contribution in [2.75, 3.05) is 7.11 Å². The van der Waals surface area contributed by atoms with Gasteiger partial charge in [-0.15, -0.1) is 0 Å². The standard InChI is InChI=1S/C19H17NO3.K/c1-11-7-12(2)18-15(8-11)16(19(21)22)10-17(20-18)13-5-4-6-14(9-13)23-3;/h4-10H,1-3H3,(H,21,22);/q;+1/p-1. The van der Waals surface area contributed by atoms with Crippen molar-refractivity contribution in [3.8, 4) is 17.0 Å². The van der Waals surface area contributed by atoms with Crippen LogP contribution in [0.4, 0.5) is 0 Å². The number of aromatic carboxylic acids is 1. The smallest absolute Gasteiger partial charge is 0.545 e. The van der Waals surface area contributed by atoms with E-state index in [1.165, 1.54) is 0 Å². The minimum Gasteiger partial charge on any atom is -0.545 e. The summed E-state index contributed by atoms with van der Waals surface area (Å²) >= 11 is 0. The Labute approximate surface area is 183 Å². The van der Waals surface area contributed by atoms with E-state index in [0.29, 0.717) is 22.3 Å². The molecular weight excluding hydrogens is 329 g/mol. The van der Waals surface area contributed by atoms with Gasteiger partial charge in [-0.1, -0.05) is 23.8 Å². The maximum atomic E-state index is 11.6. The molecule has 0 atom stereocenters. The summed E-state index contributed by atoms with van der Waals surface area (Å²) in [5.74, 6) is -0.508. The zero-order valence-electron chi connectivity index (χ0n) is 14.2. The fraction of sp³-hybridized carbons (Fsp3) is 0.158. The predicted molar refractivity (Wildman–Crippen MR) is 87.5 cm³/mol. The van der Waals surface area contributed by atoms with E-state index in [-0.39, 0.29) is 56.9 Å². The van der Waals surface area contributed by atoms with Crippen LogP contribution in [-0.4, -0.2) is 18.1 Å². The van der Waals surface area contributed by atoms with Crippen LogP contribution < -0.4 is 61.2 Å². The second-order valence-electron chi connectivity index (χ2n) is 5.55. The number of carboxylic acids is 1. The number of ether oxygens (including phenoxy) is 1. The molecule has 116 valence electrons. The number of benzene rings is 2. The number of rotatable bonds is 3. The van der Waals surface area contributed by atoms with Crippen LogP contribution in [0, 0.1) is 13.8 Å². The molecule has 0 radical (unpaired) electrons. The number of aryl methyl sites for hydroxylation is 2. The molecule has 0 saturated heterocycles. The third-order valence-corrected chi connectivity index (χ3v) is 3.83. The van der Waals surface area contributed by atoms with Gasteiger partial charge in [-0.25, -0.2) is 4.98 Å². The van der Waals surface area contributed by atoms with Crippen LogP contribution in [0.25, 0.3) is 22.2 Å². The first kappa shape index (κ1) is 19.1. The Kier molecular flexibility index (Phi) is 6.17. The molecule has 0 spiro atoms. The van der Waals surface area contributed by atoms with E-state index < -0.39 is 5.97 Å². The molecule has 0 amide bonds. The van der Waals surface area contributed by atoms with Crippen LogP contribution in [0.2, 0.25) is 0 Å². The monoisotopic (exact) mass is 345 g/mol. The normalized spacial score (nSPS) is 10.3. The van der Waals surface area contributed by atoms with Gasteiger partial charge in [0.05, 0.1) is 24.3 Å². The van der Waals surface area contributed by atoms with Crippen molar-refractivity contribution in [1.82, 2.24) is 4.98 Å². The van der Waals surface area contributed by atoms with E-state index in [9.17, 15) is 9.90 Å². The summed E-state index contributed by atoms with van der Waals surface area (Å²) in [4.78, 5) is 16.2. The van der Waals surface area contributed by atoms with Gasteiger partial charge in [0.25, 0.3) is 0 Å².